The molecule has 1 heterocycles. The maximum absolute atomic E-state index is 5.91. The monoisotopic (exact) mass is 254 g/mol. The second-order valence-corrected chi connectivity index (χ2v) is 5.01. The van der Waals surface area contributed by atoms with Gasteiger partial charge in [0, 0.05) is 13.1 Å². The number of hydrogen-bond acceptors (Lipinski definition) is 4. The van der Waals surface area contributed by atoms with Gasteiger partial charge in [-0.05, 0) is 24.4 Å². The van der Waals surface area contributed by atoms with Gasteiger partial charge in [-0.3, -0.25) is 0 Å². The molecule has 0 amide bonds. The predicted molar refractivity (Wildman–Crippen MR) is 71.3 cm³/mol. The van der Waals surface area contributed by atoms with E-state index in [0.29, 0.717) is 11.7 Å². The normalized spacial score (nSPS) is 17.8. The molecule has 4 nitrogen and oxygen atoms in total. The molecule has 1 aliphatic rings. The smallest absolute Gasteiger partial charge is 0.224 e. The third-order valence-corrected chi connectivity index (χ3v) is 3.66. The summed E-state index contributed by atoms with van der Waals surface area (Å²) in [6.45, 7) is 0. The molecule has 1 saturated carbocycles. The number of hydrogen-bond donors (Lipinski definition) is 1. The number of aromatic nitrogens is 2. The van der Waals surface area contributed by atoms with E-state index in [4.69, 9.17) is 17.3 Å². The van der Waals surface area contributed by atoms with E-state index in [0.717, 1.165) is 5.82 Å². The van der Waals surface area contributed by atoms with Crippen LogP contribution < -0.4 is 10.6 Å². The molecule has 1 aromatic heterocycles. The fourth-order valence-corrected chi connectivity index (χ4v) is 2.59. The number of halogens is 1. The van der Waals surface area contributed by atoms with Crippen LogP contribution in [0.3, 0.4) is 0 Å². The van der Waals surface area contributed by atoms with Crippen molar-refractivity contribution in [2.45, 2.75) is 44.6 Å². The van der Waals surface area contributed by atoms with Crippen LogP contribution in [0.5, 0.6) is 0 Å². The van der Waals surface area contributed by atoms with Crippen LogP contribution in [0.15, 0.2) is 6.20 Å². The highest BCUT2D eigenvalue weighted by Gasteiger charge is 2.20. The maximum Gasteiger partial charge on any atom is 0.224 e. The van der Waals surface area contributed by atoms with E-state index in [9.17, 15) is 0 Å². The van der Waals surface area contributed by atoms with Gasteiger partial charge in [0.1, 0.15) is 0 Å². The van der Waals surface area contributed by atoms with Crippen molar-refractivity contribution in [2.24, 2.45) is 0 Å². The van der Waals surface area contributed by atoms with Crippen LogP contribution in [0, 0.1) is 0 Å². The molecule has 17 heavy (non-hydrogen) atoms. The largest absolute Gasteiger partial charge is 0.394 e. The quantitative estimate of drug-likeness (QED) is 0.651. The Bertz CT molecular complexity index is 375. The summed E-state index contributed by atoms with van der Waals surface area (Å²) in [7, 11) is 2.05. The first-order chi connectivity index (χ1) is 8.18. The Balaban J connectivity index is 2.16. The topological polar surface area (TPSA) is 55.0 Å². The fourth-order valence-electron chi connectivity index (χ4n) is 2.46. The van der Waals surface area contributed by atoms with Crippen molar-refractivity contribution in [1.82, 2.24) is 9.97 Å². The third-order valence-electron chi connectivity index (χ3n) is 3.47. The molecule has 0 unspecified atom stereocenters. The second kappa shape index (κ2) is 5.54. The Morgan fingerprint density at radius 1 is 1.29 bits per heavy atom. The molecule has 94 valence electrons. The highest BCUT2D eigenvalue weighted by Crippen LogP contribution is 2.27. The number of nitrogens with two attached hydrogens (primary N) is 1. The molecule has 1 aliphatic carbocycles. The first-order valence-electron chi connectivity index (χ1n) is 6.19. The van der Waals surface area contributed by atoms with E-state index in [1.165, 1.54) is 38.5 Å². The Labute approximate surface area is 107 Å². The lowest BCUT2D eigenvalue weighted by molar-refractivity contribution is 0.549. The number of anilines is 2. The SMILES string of the molecule is CN(c1nc(Cl)ncc1N)C1CCCCCC1. The molecule has 0 spiro atoms. The van der Waals surface area contributed by atoms with Gasteiger partial charge in [-0.1, -0.05) is 25.7 Å². The van der Waals surface area contributed by atoms with Crippen molar-refractivity contribution in [2.75, 3.05) is 17.7 Å². The van der Waals surface area contributed by atoms with Crippen molar-refractivity contribution >= 4 is 23.1 Å². The zero-order valence-electron chi connectivity index (χ0n) is 10.2. The van der Waals surface area contributed by atoms with Crippen molar-refractivity contribution in [3.8, 4) is 0 Å². The van der Waals surface area contributed by atoms with Gasteiger partial charge in [-0.15, -0.1) is 0 Å². The molecule has 1 fully saturated rings. The molecule has 0 bridgehead atoms. The van der Waals surface area contributed by atoms with Gasteiger partial charge in [-0.2, -0.15) is 4.98 Å². The fraction of sp³-hybridized carbons (Fsp3) is 0.667. The number of nitrogen functional groups attached to an aromatic ring is 1. The summed E-state index contributed by atoms with van der Waals surface area (Å²) >= 11 is 5.83. The van der Waals surface area contributed by atoms with Gasteiger partial charge in [0.05, 0.1) is 11.9 Å². The van der Waals surface area contributed by atoms with Crippen molar-refractivity contribution < 1.29 is 0 Å². The molecule has 0 saturated heterocycles. The maximum atomic E-state index is 5.91. The lowest BCUT2D eigenvalue weighted by atomic mass is 10.1. The van der Waals surface area contributed by atoms with Crippen molar-refractivity contribution in [3.63, 3.8) is 0 Å². The Kier molecular flexibility index (Phi) is 4.05. The summed E-state index contributed by atoms with van der Waals surface area (Å²) in [5, 5.41) is 0.259. The average molecular weight is 255 g/mol. The molecule has 2 rings (SSSR count). The van der Waals surface area contributed by atoms with Crippen LogP contribution in [0.1, 0.15) is 38.5 Å². The summed E-state index contributed by atoms with van der Waals surface area (Å²) < 4.78 is 0. The molecule has 0 aliphatic heterocycles. The predicted octanol–water partition coefficient (Wildman–Crippen LogP) is 2.87. The molecule has 1 aromatic rings. The highest BCUT2D eigenvalue weighted by molar-refractivity contribution is 6.28. The van der Waals surface area contributed by atoms with E-state index in [1.54, 1.807) is 6.20 Å². The minimum atomic E-state index is 0.259. The van der Waals surface area contributed by atoms with Crippen LogP contribution in [-0.4, -0.2) is 23.1 Å². The Morgan fingerprint density at radius 2 is 1.94 bits per heavy atom. The summed E-state index contributed by atoms with van der Waals surface area (Å²) in [5.74, 6) is 0.761. The van der Waals surface area contributed by atoms with Crippen LogP contribution >= 0.6 is 11.6 Å². The standard InChI is InChI=1S/C12H19ClN4/c1-17(9-6-4-2-3-5-7-9)11-10(14)8-15-12(13)16-11/h8-9H,2-7,14H2,1H3. The highest BCUT2D eigenvalue weighted by atomic mass is 35.5. The second-order valence-electron chi connectivity index (χ2n) is 4.67. The molecule has 0 radical (unpaired) electrons. The van der Waals surface area contributed by atoms with Crippen LogP contribution in [0.4, 0.5) is 11.5 Å². The zero-order chi connectivity index (χ0) is 12.3. The van der Waals surface area contributed by atoms with Gasteiger partial charge >= 0.3 is 0 Å². The van der Waals surface area contributed by atoms with Crippen LogP contribution in [0.2, 0.25) is 5.28 Å². The minimum Gasteiger partial charge on any atom is -0.394 e. The third kappa shape index (κ3) is 3.00. The van der Waals surface area contributed by atoms with Crippen molar-refractivity contribution in [3.05, 3.63) is 11.5 Å². The molecule has 5 heteroatoms. The first kappa shape index (κ1) is 12.4. The zero-order valence-corrected chi connectivity index (χ0v) is 11.0. The van der Waals surface area contributed by atoms with E-state index in [1.807, 2.05) is 7.05 Å². The first-order valence-corrected chi connectivity index (χ1v) is 6.57. The lowest BCUT2D eigenvalue weighted by Crippen LogP contribution is -2.32. The van der Waals surface area contributed by atoms with E-state index < -0.39 is 0 Å². The summed E-state index contributed by atoms with van der Waals surface area (Å²) in [6.07, 6.45) is 9.24. The number of rotatable bonds is 2. The van der Waals surface area contributed by atoms with Gasteiger partial charge in [0.25, 0.3) is 0 Å². The molecule has 2 N–H and O–H groups in total. The Hall–Kier alpha value is -1.03. The Morgan fingerprint density at radius 3 is 2.59 bits per heavy atom. The summed E-state index contributed by atoms with van der Waals surface area (Å²) in [6, 6.07) is 0.519. The lowest BCUT2D eigenvalue weighted by Gasteiger charge is -2.28. The summed E-state index contributed by atoms with van der Waals surface area (Å²) in [4.78, 5) is 10.3. The van der Waals surface area contributed by atoms with Gasteiger partial charge < -0.3 is 10.6 Å². The summed E-state index contributed by atoms with van der Waals surface area (Å²) in [5.41, 5.74) is 6.51. The van der Waals surface area contributed by atoms with E-state index >= 15 is 0 Å². The molecule has 0 aromatic carbocycles. The number of nitrogens with zero attached hydrogens (tertiary/aromatic N) is 3. The molecular formula is C12H19ClN4. The van der Waals surface area contributed by atoms with E-state index in [2.05, 4.69) is 14.9 Å². The van der Waals surface area contributed by atoms with Crippen molar-refractivity contribution in [1.29, 1.82) is 0 Å². The molecular weight excluding hydrogens is 236 g/mol. The van der Waals surface area contributed by atoms with E-state index in [-0.39, 0.29) is 5.28 Å². The van der Waals surface area contributed by atoms with Gasteiger partial charge in [0.15, 0.2) is 5.82 Å². The van der Waals surface area contributed by atoms with Gasteiger partial charge in [0.2, 0.25) is 5.28 Å². The molecule has 0 atom stereocenters. The van der Waals surface area contributed by atoms with Crippen LogP contribution in [-0.2, 0) is 0 Å². The average Bonchev–Trinajstić information content (AvgIpc) is 2.60. The minimum absolute atomic E-state index is 0.259. The van der Waals surface area contributed by atoms with Gasteiger partial charge in [-0.25, -0.2) is 4.98 Å². The van der Waals surface area contributed by atoms with Crippen LogP contribution in [0.25, 0.3) is 0 Å².